The molecule has 0 amide bonds. The van der Waals surface area contributed by atoms with E-state index in [0.717, 1.165) is 33.3 Å². The number of anilines is 3. The molecule has 1 atom stereocenters. The predicted molar refractivity (Wildman–Crippen MR) is 108 cm³/mol. The largest absolute Gasteiger partial charge is 0.394 e. The van der Waals surface area contributed by atoms with Crippen LogP contribution in [-0.4, -0.2) is 27.7 Å². The van der Waals surface area contributed by atoms with Crippen LogP contribution >= 0.6 is 11.6 Å². The van der Waals surface area contributed by atoms with Crippen molar-refractivity contribution in [3.05, 3.63) is 40.0 Å². The Labute approximate surface area is 160 Å². The molecule has 0 radical (unpaired) electrons. The van der Waals surface area contributed by atoms with Gasteiger partial charge in [-0.3, -0.25) is 0 Å². The summed E-state index contributed by atoms with van der Waals surface area (Å²) in [6, 6.07) is 5.84. The smallest absolute Gasteiger partial charge is 0.225 e. The molecule has 1 aromatic carbocycles. The molecule has 2 aromatic rings. The van der Waals surface area contributed by atoms with Crippen molar-refractivity contribution in [3.63, 3.8) is 0 Å². The monoisotopic (exact) mass is 374 g/mol. The van der Waals surface area contributed by atoms with Crippen LogP contribution in [0.4, 0.5) is 17.5 Å². The highest BCUT2D eigenvalue weighted by Gasteiger charge is 2.27. The lowest BCUT2D eigenvalue weighted by atomic mass is 10.1. The molecule has 1 aliphatic carbocycles. The fourth-order valence-corrected chi connectivity index (χ4v) is 3.34. The van der Waals surface area contributed by atoms with E-state index in [1.165, 1.54) is 12.8 Å². The number of hydrogen-bond acceptors (Lipinski definition) is 5. The van der Waals surface area contributed by atoms with Crippen LogP contribution in [0.2, 0.25) is 5.02 Å². The Morgan fingerprint density at radius 2 is 1.81 bits per heavy atom. The number of aryl methyl sites for hydroxylation is 2. The zero-order valence-electron chi connectivity index (χ0n) is 15.8. The van der Waals surface area contributed by atoms with E-state index in [0.29, 0.717) is 11.9 Å². The minimum absolute atomic E-state index is 0.0485. The molecule has 0 saturated heterocycles. The zero-order chi connectivity index (χ0) is 18.8. The van der Waals surface area contributed by atoms with Gasteiger partial charge >= 0.3 is 0 Å². The van der Waals surface area contributed by atoms with Crippen molar-refractivity contribution in [2.45, 2.75) is 52.5 Å². The third-order valence-electron chi connectivity index (χ3n) is 4.81. The van der Waals surface area contributed by atoms with Gasteiger partial charge in [0.25, 0.3) is 0 Å². The van der Waals surface area contributed by atoms with Gasteiger partial charge in [-0.15, -0.1) is 0 Å². The van der Waals surface area contributed by atoms with Gasteiger partial charge < -0.3 is 15.7 Å². The van der Waals surface area contributed by atoms with E-state index in [-0.39, 0.29) is 18.6 Å². The maximum Gasteiger partial charge on any atom is 0.225 e. The van der Waals surface area contributed by atoms with Gasteiger partial charge in [-0.1, -0.05) is 25.4 Å². The molecule has 140 valence electrons. The lowest BCUT2D eigenvalue weighted by molar-refractivity contribution is 0.248. The van der Waals surface area contributed by atoms with Crippen molar-refractivity contribution in [3.8, 4) is 0 Å². The number of rotatable bonds is 7. The highest BCUT2D eigenvalue weighted by molar-refractivity contribution is 6.30. The Morgan fingerprint density at radius 1 is 1.15 bits per heavy atom. The van der Waals surface area contributed by atoms with Crippen molar-refractivity contribution in [2.24, 2.45) is 5.92 Å². The molecule has 1 aromatic heterocycles. The molecule has 0 spiro atoms. The second kappa shape index (κ2) is 7.80. The van der Waals surface area contributed by atoms with Gasteiger partial charge in [0.2, 0.25) is 5.95 Å². The molecule has 0 bridgehead atoms. The number of halogens is 1. The summed E-state index contributed by atoms with van der Waals surface area (Å²) in [6.45, 7) is 8.25. The van der Waals surface area contributed by atoms with E-state index in [2.05, 4.69) is 34.4 Å². The molecule has 1 aliphatic rings. The number of aliphatic hydroxyl groups is 1. The SMILES string of the molecule is Cc1cc(Cl)cc(C)c1Nc1cc(C2CC2)nc(N[C@H](CO)C(C)C)n1. The van der Waals surface area contributed by atoms with Crippen LogP contribution in [-0.2, 0) is 0 Å². The Morgan fingerprint density at radius 3 is 2.35 bits per heavy atom. The van der Waals surface area contributed by atoms with E-state index in [1.54, 1.807) is 0 Å². The van der Waals surface area contributed by atoms with Crippen LogP contribution in [0, 0.1) is 19.8 Å². The Balaban J connectivity index is 1.91. The van der Waals surface area contributed by atoms with E-state index in [4.69, 9.17) is 11.6 Å². The zero-order valence-corrected chi connectivity index (χ0v) is 16.6. The maximum atomic E-state index is 9.61. The van der Waals surface area contributed by atoms with Gasteiger partial charge in [-0.05, 0) is 55.9 Å². The summed E-state index contributed by atoms with van der Waals surface area (Å²) < 4.78 is 0. The molecule has 26 heavy (non-hydrogen) atoms. The van der Waals surface area contributed by atoms with E-state index < -0.39 is 0 Å². The van der Waals surface area contributed by atoms with Crippen LogP contribution in [0.5, 0.6) is 0 Å². The molecule has 1 fully saturated rings. The Bertz CT molecular complexity index is 766. The Kier molecular flexibility index (Phi) is 5.68. The molecular formula is C20H27ClN4O. The van der Waals surface area contributed by atoms with Crippen LogP contribution in [0.1, 0.15) is 49.4 Å². The number of aliphatic hydroxyl groups excluding tert-OH is 1. The minimum atomic E-state index is -0.0729. The van der Waals surface area contributed by atoms with E-state index in [9.17, 15) is 5.11 Å². The second-order valence-corrected chi connectivity index (χ2v) is 7.93. The first kappa shape index (κ1) is 18.9. The van der Waals surface area contributed by atoms with Crippen LogP contribution < -0.4 is 10.6 Å². The first-order chi connectivity index (χ1) is 12.4. The standard InChI is InChI=1S/C20H27ClN4O/c1-11(2)17(10-26)23-20-22-16(14-5-6-14)9-18(25-20)24-19-12(3)7-15(21)8-13(19)4/h7-9,11,14,17,26H,5-6,10H2,1-4H3,(H2,22,23,24,25)/t17-/m1/s1. The van der Waals surface area contributed by atoms with Crippen LogP contribution in [0.25, 0.3) is 0 Å². The number of hydrogen-bond donors (Lipinski definition) is 3. The molecule has 6 heteroatoms. The summed E-state index contributed by atoms with van der Waals surface area (Å²) in [5.41, 5.74) is 4.22. The van der Waals surface area contributed by atoms with E-state index >= 15 is 0 Å². The maximum absolute atomic E-state index is 9.61. The fourth-order valence-electron chi connectivity index (χ4n) is 3.01. The van der Waals surface area contributed by atoms with Gasteiger partial charge in [-0.25, -0.2) is 4.98 Å². The molecule has 0 unspecified atom stereocenters. The van der Waals surface area contributed by atoms with Crippen molar-refractivity contribution < 1.29 is 5.11 Å². The normalized spacial score (nSPS) is 15.2. The topological polar surface area (TPSA) is 70.1 Å². The van der Waals surface area contributed by atoms with Gasteiger partial charge in [0.05, 0.1) is 18.3 Å². The first-order valence-corrected chi connectivity index (χ1v) is 9.55. The van der Waals surface area contributed by atoms with Gasteiger partial charge in [-0.2, -0.15) is 4.98 Å². The summed E-state index contributed by atoms with van der Waals surface area (Å²) in [4.78, 5) is 9.31. The number of benzene rings is 1. The van der Waals surface area contributed by atoms with E-state index in [1.807, 2.05) is 32.0 Å². The summed E-state index contributed by atoms with van der Waals surface area (Å²) >= 11 is 6.14. The van der Waals surface area contributed by atoms with Gasteiger partial charge in [0.1, 0.15) is 5.82 Å². The van der Waals surface area contributed by atoms with Gasteiger partial charge in [0.15, 0.2) is 0 Å². The first-order valence-electron chi connectivity index (χ1n) is 9.17. The summed E-state index contributed by atoms with van der Waals surface area (Å²) in [7, 11) is 0. The minimum Gasteiger partial charge on any atom is -0.394 e. The average Bonchev–Trinajstić information content (AvgIpc) is 3.40. The number of aromatic nitrogens is 2. The van der Waals surface area contributed by atoms with Crippen molar-refractivity contribution in [1.82, 2.24) is 9.97 Å². The van der Waals surface area contributed by atoms with Crippen molar-refractivity contribution in [2.75, 3.05) is 17.2 Å². The molecule has 5 nitrogen and oxygen atoms in total. The highest BCUT2D eigenvalue weighted by Crippen LogP contribution is 2.40. The molecule has 0 aliphatic heterocycles. The lowest BCUT2D eigenvalue weighted by Gasteiger charge is -2.21. The molecule has 3 N–H and O–H groups in total. The fraction of sp³-hybridized carbons (Fsp3) is 0.500. The molecule has 1 heterocycles. The highest BCUT2D eigenvalue weighted by atomic mass is 35.5. The summed E-state index contributed by atoms with van der Waals surface area (Å²) in [5, 5.41) is 17.1. The summed E-state index contributed by atoms with van der Waals surface area (Å²) in [5.74, 6) is 2.12. The van der Waals surface area contributed by atoms with Crippen molar-refractivity contribution in [1.29, 1.82) is 0 Å². The molecule has 1 saturated carbocycles. The molecular weight excluding hydrogens is 348 g/mol. The summed E-state index contributed by atoms with van der Waals surface area (Å²) in [6.07, 6.45) is 2.34. The number of nitrogens with zero attached hydrogens (tertiary/aromatic N) is 2. The van der Waals surface area contributed by atoms with Crippen LogP contribution in [0.3, 0.4) is 0 Å². The predicted octanol–water partition coefficient (Wildman–Crippen LogP) is 4.80. The van der Waals surface area contributed by atoms with Crippen molar-refractivity contribution >= 4 is 29.1 Å². The second-order valence-electron chi connectivity index (χ2n) is 7.49. The quantitative estimate of drug-likeness (QED) is 0.649. The lowest BCUT2D eigenvalue weighted by Crippen LogP contribution is -2.30. The van der Waals surface area contributed by atoms with Crippen LogP contribution in [0.15, 0.2) is 18.2 Å². The van der Waals surface area contributed by atoms with Gasteiger partial charge in [0, 0.05) is 22.7 Å². The third-order valence-corrected chi connectivity index (χ3v) is 5.03. The Hall–Kier alpha value is -1.85. The number of nitrogens with one attached hydrogen (secondary N) is 2. The molecule has 3 rings (SSSR count). The average molecular weight is 375 g/mol. The third kappa shape index (κ3) is 4.46.